The second-order valence-electron chi connectivity index (χ2n) is 3.70. The number of rotatable bonds is 2. The Kier molecular flexibility index (Phi) is 6.27. The Morgan fingerprint density at radius 3 is 2.44 bits per heavy atom. The molecule has 1 aliphatic heterocycles. The van der Waals surface area contributed by atoms with Gasteiger partial charge in [-0.3, -0.25) is 4.79 Å². The Morgan fingerprint density at radius 1 is 1.33 bits per heavy atom. The van der Waals surface area contributed by atoms with E-state index in [0.29, 0.717) is 13.2 Å². The van der Waals surface area contributed by atoms with E-state index < -0.39 is 0 Å². The number of carbonyl (C=O) groups is 1. The largest absolute Gasteiger partial charge is 0.377 e. The van der Waals surface area contributed by atoms with E-state index in [1.807, 2.05) is 30.3 Å². The standard InChI is InChI=1S/C11H13NO2.CH4N2S/c13-11(9-4-2-1-3-5-9)10-8-12-6-7-14-10;2-1(3)4/h1-5,10,12H,6-8H2;(H4,2,3,4). The Bertz CT molecular complexity index is 388. The van der Waals surface area contributed by atoms with Crippen molar-refractivity contribution < 1.29 is 9.53 Å². The smallest absolute Gasteiger partial charge is 0.192 e. The topological polar surface area (TPSA) is 90.4 Å². The first kappa shape index (κ1) is 14.6. The van der Waals surface area contributed by atoms with Crippen molar-refractivity contribution in [2.45, 2.75) is 6.10 Å². The van der Waals surface area contributed by atoms with E-state index in [0.717, 1.165) is 12.1 Å². The molecule has 1 aromatic rings. The molecule has 1 atom stereocenters. The zero-order valence-electron chi connectivity index (χ0n) is 9.96. The Balaban J connectivity index is 0.000000357. The molecule has 1 aromatic carbocycles. The Morgan fingerprint density at radius 2 is 1.94 bits per heavy atom. The van der Waals surface area contributed by atoms with Crippen molar-refractivity contribution in [1.82, 2.24) is 5.32 Å². The molecule has 1 unspecified atom stereocenters. The van der Waals surface area contributed by atoms with Gasteiger partial charge in [0.15, 0.2) is 10.9 Å². The molecule has 0 amide bonds. The van der Waals surface area contributed by atoms with Crippen LogP contribution >= 0.6 is 12.2 Å². The molecule has 0 radical (unpaired) electrons. The summed E-state index contributed by atoms with van der Waals surface area (Å²) in [7, 11) is 0. The van der Waals surface area contributed by atoms with Gasteiger partial charge in [0.1, 0.15) is 6.10 Å². The number of benzene rings is 1. The minimum absolute atomic E-state index is 0.000000000000000222. The van der Waals surface area contributed by atoms with Crippen LogP contribution in [-0.4, -0.2) is 36.7 Å². The third-order valence-electron chi connectivity index (χ3n) is 2.28. The van der Waals surface area contributed by atoms with E-state index in [1.165, 1.54) is 0 Å². The lowest BCUT2D eigenvalue weighted by atomic mass is 10.1. The Labute approximate surface area is 111 Å². The second-order valence-corrected chi connectivity index (χ2v) is 4.17. The lowest BCUT2D eigenvalue weighted by Crippen LogP contribution is -2.43. The molecule has 5 N–H and O–H groups in total. The van der Waals surface area contributed by atoms with Crippen molar-refractivity contribution in [3.05, 3.63) is 35.9 Å². The van der Waals surface area contributed by atoms with Gasteiger partial charge in [-0.2, -0.15) is 0 Å². The molecule has 6 heteroatoms. The molecule has 1 heterocycles. The number of nitrogens with one attached hydrogen (secondary N) is 1. The first-order valence-electron chi connectivity index (χ1n) is 5.57. The lowest BCUT2D eigenvalue weighted by Gasteiger charge is -2.22. The summed E-state index contributed by atoms with van der Waals surface area (Å²) >= 11 is 4.09. The van der Waals surface area contributed by atoms with Gasteiger partial charge < -0.3 is 21.5 Å². The summed E-state index contributed by atoms with van der Waals surface area (Å²) in [5, 5.41) is 3.14. The second kappa shape index (κ2) is 7.75. The van der Waals surface area contributed by atoms with Crippen LogP contribution in [0, 0.1) is 0 Å². The van der Waals surface area contributed by atoms with E-state index in [-0.39, 0.29) is 17.0 Å². The number of thiocarbonyl (C=S) groups is 1. The summed E-state index contributed by atoms with van der Waals surface area (Å²) in [4.78, 5) is 11.8. The predicted octanol–water partition coefficient (Wildman–Crippen LogP) is 0.0464. The van der Waals surface area contributed by atoms with E-state index in [2.05, 4.69) is 29.0 Å². The third-order valence-corrected chi connectivity index (χ3v) is 2.28. The number of ketones is 1. The molecular formula is C12H17N3O2S. The van der Waals surface area contributed by atoms with Crippen molar-refractivity contribution in [3.8, 4) is 0 Å². The lowest BCUT2D eigenvalue weighted by molar-refractivity contribution is 0.0269. The molecule has 0 aromatic heterocycles. The molecule has 0 bridgehead atoms. The summed E-state index contributed by atoms with van der Waals surface area (Å²) in [5.74, 6) is 0.0674. The van der Waals surface area contributed by atoms with Gasteiger partial charge in [-0.25, -0.2) is 0 Å². The van der Waals surface area contributed by atoms with Crippen LogP contribution in [-0.2, 0) is 4.74 Å². The van der Waals surface area contributed by atoms with E-state index in [4.69, 9.17) is 4.74 Å². The maximum atomic E-state index is 11.8. The first-order chi connectivity index (χ1) is 8.61. The van der Waals surface area contributed by atoms with E-state index in [9.17, 15) is 4.79 Å². The van der Waals surface area contributed by atoms with Gasteiger partial charge in [0.05, 0.1) is 6.61 Å². The minimum Gasteiger partial charge on any atom is -0.377 e. The van der Waals surface area contributed by atoms with E-state index >= 15 is 0 Å². The number of carbonyl (C=O) groups excluding carboxylic acids is 1. The monoisotopic (exact) mass is 267 g/mol. The zero-order valence-corrected chi connectivity index (χ0v) is 10.8. The quantitative estimate of drug-likeness (QED) is 0.518. The van der Waals surface area contributed by atoms with Crippen LogP contribution < -0.4 is 16.8 Å². The van der Waals surface area contributed by atoms with E-state index in [1.54, 1.807) is 0 Å². The zero-order chi connectivity index (χ0) is 13.4. The van der Waals surface area contributed by atoms with Gasteiger partial charge >= 0.3 is 0 Å². The van der Waals surface area contributed by atoms with Crippen LogP contribution in [0.1, 0.15) is 10.4 Å². The van der Waals surface area contributed by atoms with Crippen molar-refractivity contribution in [2.24, 2.45) is 11.5 Å². The highest BCUT2D eigenvalue weighted by atomic mass is 32.1. The summed E-state index contributed by atoms with van der Waals surface area (Å²) in [5.41, 5.74) is 9.96. The summed E-state index contributed by atoms with van der Waals surface area (Å²) in [6, 6.07) is 9.27. The molecule has 1 fully saturated rings. The fourth-order valence-corrected chi connectivity index (χ4v) is 1.52. The molecule has 0 aliphatic carbocycles. The highest BCUT2D eigenvalue weighted by Gasteiger charge is 2.22. The average Bonchev–Trinajstić information content (AvgIpc) is 2.39. The molecule has 5 nitrogen and oxygen atoms in total. The van der Waals surface area contributed by atoms with Crippen molar-refractivity contribution in [1.29, 1.82) is 0 Å². The maximum absolute atomic E-state index is 11.8. The summed E-state index contributed by atoms with van der Waals surface area (Å²) in [6.07, 6.45) is -0.314. The fraction of sp³-hybridized carbons (Fsp3) is 0.333. The van der Waals surface area contributed by atoms with Crippen molar-refractivity contribution in [3.63, 3.8) is 0 Å². The Hall–Kier alpha value is -1.50. The number of morpholine rings is 1. The van der Waals surface area contributed by atoms with Gasteiger partial charge in [0, 0.05) is 18.7 Å². The molecule has 1 saturated heterocycles. The predicted molar refractivity (Wildman–Crippen MR) is 74.4 cm³/mol. The van der Waals surface area contributed by atoms with Gasteiger partial charge in [-0.05, 0) is 12.2 Å². The van der Waals surface area contributed by atoms with Crippen molar-refractivity contribution in [2.75, 3.05) is 19.7 Å². The molecule has 18 heavy (non-hydrogen) atoms. The fourth-order valence-electron chi connectivity index (χ4n) is 1.52. The third kappa shape index (κ3) is 5.22. The summed E-state index contributed by atoms with van der Waals surface area (Å²) in [6.45, 7) is 2.07. The number of hydrogen-bond acceptors (Lipinski definition) is 4. The normalized spacial score (nSPS) is 18.3. The molecule has 0 saturated carbocycles. The van der Waals surface area contributed by atoms with Crippen LogP contribution in [0.2, 0.25) is 0 Å². The van der Waals surface area contributed by atoms with Gasteiger partial charge in [-0.1, -0.05) is 30.3 Å². The summed E-state index contributed by atoms with van der Waals surface area (Å²) < 4.78 is 5.38. The SMILES string of the molecule is NC(N)=S.O=C(c1ccccc1)C1CNCCO1. The number of nitrogens with two attached hydrogens (primary N) is 2. The van der Waals surface area contributed by atoms with Crippen LogP contribution in [0.4, 0.5) is 0 Å². The van der Waals surface area contributed by atoms with Gasteiger partial charge in [0.2, 0.25) is 0 Å². The van der Waals surface area contributed by atoms with Crippen LogP contribution in [0.25, 0.3) is 0 Å². The van der Waals surface area contributed by atoms with Crippen LogP contribution in [0.3, 0.4) is 0 Å². The molecule has 0 spiro atoms. The highest BCUT2D eigenvalue weighted by Crippen LogP contribution is 2.07. The maximum Gasteiger partial charge on any atom is 0.192 e. The molecule has 2 rings (SSSR count). The first-order valence-corrected chi connectivity index (χ1v) is 5.98. The molecule has 1 aliphatic rings. The number of Topliss-reactive ketones (excluding diaryl/α,β-unsaturated/α-hetero) is 1. The number of ether oxygens (including phenoxy) is 1. The van der Waals surface area contributed by atoms with Gasteiger partial charge in [-0.15, -0.1) is 0 Å². The minimum atomic E-state index is -0.314. The van der Waals surface area contributed by atoms with Crippen LogP contribution in [0.5, 0.6) is 0 Å². The number of hydrogen-bond donors (Lipinski definition) is 3. The molecule has 98 valence electrons. The van der Waals surface area contributed by atoms with Crippen molar-refractivity contribution >= 4 is 23.1 Å². The van der Waals surface area contributed by atoms with Gasteiger partial charge in [0.25, 0.3) is 0 Å². The average molecular weight is 267 g/mol. The molecular weight excluding hydrogens is 250 g/mol. The van der Waals surface area contributed by atoms with Crippen LogP contribution in [0.15, 0.2) is 30.3 Å². The highest BCUT2D eigenvalue weighted by molar-refractivity contribution is 7.80.